The maximum absolute atomic E-state index is 5.56. The fraction of sp³-hybridized carbons (Fsp3) is 0.385. The Labute approximate surface area is 91.2 Å². The van der Waals surface area contributed by atoms with Gasteiger partial charge in [0.2, 0.25) is 0 Å². The van der Waals surface area contributed by atoms with Crippen molar-refractivity contribution in [3.8, 4) is 18.1 Å². The van der Waals surface area contributed by atoms with E-state index < -0.39 is 0 Å². The molecule has 0 aliphatic carbocycles. The van der Waals surface area contributed by atoms with E-state index in [0.29, 0.717) is 13.0 Å². The summed E-state index contributed by atoms with van der Waals surface area (Å²) in [5.74, 6) is 3.43. The first kappa shape index (κ1) is 11.6. The van der Waals surface area contributed by atoms with E-state index in [-0.39, 0.29) is 6.10 Å². The first-order valence-electron chi connectivity index (χ1n) is 4.94. The zero-order valence-electron chi connectivity index (χ0n) is 9.19. The summed E-state index contributed by atoms with van der Waals surface area (Å²) in [7, 11) is 1.65. The Bertz CT molecular complexity index is 321. The van der Waals surface area contributed by atoms with Crippen molar-refractivity contribution in [2.75, 3.05) is 7.11 Å². The van der Waals surface area contributed by atoms with Crippen molar-refractivity contribution in [1.82, 2.24) is 0 Å². The van der Waals surface area contributed by atoms with Crippen LogP contribution in [0.15, 0.2) is 24.3 Å². The highest BCUT2D eigenvalue weighted by Crippen LogP contribution is 2.12. The van der Waals surface area contributed by atoms with Crippen LogP contribution in [-0.2, 0) is 11.3 Å². The monoisotopic (exact) mass is 204 g/mol. The van der Waals surface area contributed by atoms with Crippen molar-refractivity contribution >= 4 is 0 Å². The lowest BCUT2D eigenvalue weighted by molar-refractivity contribution is 0.0566. The van der Waals surface area contributed by atoms with E-state index in [1.54, 1.807) is 7.11 Å². The summed E-state index contributed by atoms with van der Waals surface area (Å²) < 4.78 is 10.6. The van der Waals surface area contributed by atoms with Crippen LogP contribution in [0.3, 0.4) is 0 Å². The van der Waals surface area contributed by atoms with Crippen LogP contribution in [-0.4, -0.2) is 13.2 Å². The number of methoxy groups -OCH3 is 1. The second-order valence-electron chi connectivity index (χ2n) is 3.38. The van der Waals surface area contributed by atoms with Crippen molar-refractivity contribution in [3.05, 3.63) is 29.8 Å². The third-order valence-electron chi connectivity index (χ3n) is 2.10. The van der Waals surface area contributed by atoms with E-state index >= 15 is 0 Å². The molecule has 0 unspecified atom stereocenters. The predicted molar refractivity (Wildman–Crippen MR) is 60.7 cm³/mol. The van der Waals surface area contributed by atoms with Gasteiger partial charge in [0, 0.05) is 6.42 Å². The zero-order valence-corrected chi connectivity index (χ0v) is 9.19. The molecule has 1 aromatic carbocycles. The third kappa shape index (κ3) is 4.05. The predicted octanol–water partition coefficient (Wildman–Crippen LogP) is 2.62. The van der Waals surface area contributed by atoms with Gasteiger partial charge >= 0.3 is 0 Å². The number of benzene rings is 1. The van der Waals surface area contributed by atoms with Gasteiger partial charge in [0.15, 0.2) is 0 Å². The molecule has 15 heavy (non-hydrogen) atoms. The Morgan fingerprint density at radius 2 is 2.00 bits per heavy atom. The molecule has 0 aliphatic heterocycles. The van der Waals surface area contributed by atoms with Gasteiger partial charge < -0.3 is 9.47 Å². The van der Waals surface area contributed by atoms with Gasteiger partial charge in [-0.15, -0.1) is 12.3 Å². The Hall–Kier alpha value is -1.46. The Kier molecular flexibility index (Phi) is 4.73. The van der Waals surface area contributed by atoms with Gasteiger partial charge in [-0.1, -0.05) is 12.1 Å². The quantitative estimate of drug-likeness (QED) is 0.686. The number of hydrogen-bond acceptors (Lipinski definition) is 2. The second kappa shape index (κ2) is 6.10. The third-order valence-corrected chi connectivity index (χ3v) is 2.10. The zero-order chi connectivity index (χ0) is 11.1. The molecular weight excluding hydrogens is 188 g/mol. The summed E-state index contributed by atoms with van der Waals surface area (Å²) >= 11 is 0. The Morgan fingerprint density at radius 1 is 1.33 bits per heavy atom. The molecule has 2 nitrogen and oxygen atoms in total. The van der Waals surface area contributed by atoms with Crippen molar-refractivity contribution in [2.24, 2.45) is 0 Å². The lowest BCUT2D eigenvalue weighted by atomic mass is 10.2. The Balaban J connectivity index is 2.41. The number of terminal acetylenes is 1. The minimum atomic E-state index is 0.108. The van der Waals surface area contributed by atoms with Crippen LogP contribution in [0.5, 0.6) is 5.75 Å². The average Bonchev–Trinajstić information content (AvgIpc) is 2.27. The van der Waals surface area contributed by atoms with Gasteiger partial charge in [-0.2, -0.15) is 0 Å². The molecule has 0 aliphatic rings. The largest absolute Gasteiger partial charge is 0.497 e. The summed E-state index contributed by atoms with van der Waals surface area (Å²) in [6.45, 7) is 2.57. The number of ether oxygens (including phenoxy) is 2. The van der Waals surface area contributed by atoms with E-state index in [2.05, 4.69) is 5.92 Å². The van der Waals surface area contributed by atoms with Crippen LogP contribution in [0.4, 0.5) is 0 Å². The molecule has 1 atom stereocenters. The van der Waals surface area contributed by atoms with Crippen LogP contribution in [0.2, 0.25) is 0 Å². The highest BCUT2D eigenvalue weighted by atomic mass is 16.5. The standard InChI is InChI=1S/C13H16O2/c1-4-5-11(2)15-10-12-6-8-13(14-3)9-7-12/h1,6-9,11H,5,10H2,2-3H3/t11-/m0/s1. The highest BCUT2D eigenvalue weighted by molar-refractivity contribution is 5.26. The minimum Gasteiger partial charge on any atom is -0.497 e. The molecule has 0 N–H and O–H groups in total. The molecule has 0 heterocycles. The first-order valence-corrected chi connectivity index (χ1v) is 4.94. The van der Waals surface area contributed by atoms with E-state index in [0.717, 1.165) is 11.3 Å². The molecule has 0 saturated carbocycles. The fourth-order valence-corrected chi connectivity index (χ4v) is 1.19. The van der Waals surface area contributed by atoms with Gasteiger partial charge in [-0.05, 0) is 24.6 Å². The Morgan fingerprint density at radius 3 is 2.53 bits per heavy atom. The molecule has 0 radical (unpaired) electrons. The summed E-state index contributed by atoms with van der Waals surface area (Å²) in [5, 5.41) is 0. The maximum Gasteiger partial charge on any atom is 0.118 e. The molecule has 0 bridgehead atoms. The van der Waals surface area contributed by atoms with Crippen LogP contribution >= 0.6 is 0 Å². The maximum atomic E-state index is 5.56. The van der Waals surface area contributed by atoms with Crippen molar-refractivity contribution in [2.45, 2.75) is 26.1 Å². The minimum absolute atomic E-state index is 0.108. The van der Waals surface area contributed by atoms with Crippen LogP contribution in [0.1, 0.15) is 18.9 Å². The first-order chi connectivity index (χ1) is 7.26. The van der Waals surface area contributed by atoms with Gasteiger partial charge in [-0.3, -0.25) is 0 Å². The number of hydrogen-bond donors (Lipinski definition) is 0. The normalized spacial score (nSPS) is 11.8. The lowest BCUT2D eigenvalue weighted by Crippen LogP contribution is -2.06. The highest BCUT2D eigenvalue weighted by Gasteiger charge is 2.00. The SMILES string of the molecule is C#CC[C@H](C)OCc1ccc(OC)cc1. The van der Waals surface area contributed by atoms with Crippen LogP contribution < -0.4 is 4.74 Å². The summed E-state index contributed by atoms with van der Waals surface area (Å²) in [6.07, 6.45) is 5.95. The van der Waals surface area contributed by atoms with Crippen molar-refractivity contribution in [3.63, 3.8) is 0 Å². The smallest absolute Gasteiger partial charge is 0.118 e. The van der Waals surface area contributed by atoms with E-state index in [1.165, 1.54) is 0 Å². The van der Waals surface area contributed by atoms with E-state index in [9.17, 15) is 0 Å². The van der Waals surface area contributed by atoms with E-state index in [4.69, 9.17) is 15.9 Å². The molecule has 1 rings (SSSR count). The molecule has 1 aromatic rings. The fourth-order valence-electron chi connectivity index (χ4n) is 1.19. The molecule has 0 saturated heterocycles. The summed E-state index contributed by atoms with van der Waals surface area (Å²) in [6, 6.07) is 7.82. The van der Waals surface area contributed by atoms with Crippen LogP contribution in [0, 0.1) is 12.3 Å². The topological polar surface area (TPSA) is 18.5 Å². The average molecular weight is 204 g/mol. The second-order valence-corrected chi connectivity index (χ2v) is 3.38. The van der Waals surface area contributed by atoms with Gasteiger partial charge in [-0.25, -0.2) is 0 Å². The molecule has 80 valence electrons. The van der Waals surface area contributed by atoms with Crippen LogP contribution in [0.25, 0.3) is 0 Å². The molecule has 0 amide bonds. The van der Waals surface area contributed by atoms with Gasteiger partial charge in [0.05, 0.1) is 19.8 Å². The van der Waals surface area contributed by atoms with Gasteiger partial charge in [0.25, 0.3) is 0 Å². The molecule has 0 fully saturated rings. The summed E-state index contributed by atoms with van der Waals surface area (Å²) in [5.41, 5.74) is 1.12. The summed E-state index contributed by atoms with van der Waals surface area (Å²) in [4.78, 5) is 0. The van der Waals surface area contributed by atoms with Crippen molar-refractivity contribution in [1.29, 1.82) is 0 Å². The molecule has 0 spiro atoms. The molecule has 0 aromatic heterocycles. The molecule has 2 heteroatoms. The lowest BCUT2D eigenvalue weighted by Gasteiger charge is -2.10. The van der Waals surface area contributed by atoms with Gasteiger partial charge in [0.1, 0.15) is 5.75 Å². The van der Waals surface area contributed by atoms with E-state index in [1.807, 2.05) is 31.2 Å². The molecular formula is C13H16O2. The number of rotatable bonds is 5. The van der Waals surface area contributed by atoms with Crippen molar-refractivity contribution < 1.29 is 9.47 Å².